The van der Waals surface area contributed by atoms with Gasteiger partial charge in [-0.2, -0.15) is 0 Å². The molecule has 3 heteroatoms. The fourth-order valence-electron chi connectivity index (χ4n) is 2.36. The molecule has 1 N–H and O–H groups in total. The highest BCUT2D eigenvalue weighted by Gasteiger charge is 2.61. The van der Waals surface area contributed by atoms with Gasteiger partial charge in [-0.05, 0) is 18.6 Å². The Labute approximate surface area is 88.4 Å². The van der Waals surface area contributed by atoms with Crippen LogP contribution in [0.5, 0.6) is 5.75 Å². The topological polar surface area (TPSA) is 48.2 Å². The van der Waals surface area contributed by atoms with Gasteiger partial charge in [-0.25, -0.2) is 0 Å². The molecule has 2 aliphatic rings. The van der Waals surface area contributed by atoms with Crippen LogP contribution in [0.3, 0.4) is 0 Å². The Morgan fingerprint density at radius 1 is 1.53 bits per heavy atom. The van der Waals surface area contributed by atoms with E-state index in [0.29, 0.717) is 18.2 Å². The lowest BCUT2D eigenvalue weighted by Gasteiger charge is -2.23. The molecule has 1 aromatic rings. The molecular weight excluding hydrogens is 190 g/mol. The van der Waals surface area contributed by atoms with Gasteiger partial charge in [-0.3, -0.25) is 10.1 Å². The number of carbonyl (C=O) groups is 1. The molecule has 2 aliphatic heterocycles. The Hall–Kier alpha value is -1.35. The lowest BCUT2D eigenvalue weighted by molar-refractivity contribution is 0.0865. The van der Waals surface area contributed by atoms with Gasteiger partial charge >= 0.3 is 0 Å². The summed E-state index contributed by atoms with van der Waals surface area (Å²) in [6, 6.07) is 7.75. The summed E-state index contributed by atoms with van der Waals surface area (Å²) in [6.07, 6.45) is 0.970. The number of fused-ring (bicyclic) bond motifs is 1. The molecule has 1 spiro atoms. The lowest BCUT2D eigenvalue weighted by Crippen LogP contribution is -2.40. The van der Waals surface area contributed by atoms with Crippen molar-refractivity contribution in [1.82, 2.24) is 5.32 Å². The lowest BCUT2D eigenvalue weighted by atomic mass is 9.91. The molecule has 1 saturated heterocycles. The van der Waals surface area contributed by atoms with E-state index in [9.17, 15) is 4.79 Å². The summed E-state index contributed by atoms with van der Waals surface area (Å²) in [5.41, 5.74) is 0.301. The minimum atomic E-state index is -0.414. The number of ketones is 1. The van der Waals surface area contributed by atoms with Crippen LogP contribution >= 0.6 is 0 Å². The van der Waals surface area contributed by atoms with Gasteiger partial charge in [-0.15, -0.1) is 0 Å². The van der Waals surface area contributed by atoms with Crippen molar-refractivity contribution in [3.63, 3.8) is 0 Å². The highest BCUT2D eigenvalue weighted by atomic mass is 16.5. The van der Waals surface area contributed by atoms with Gasteiger partial charge in [0, 0.05) is 6.04 Å². The molecular formula is C12H13NO2. The van der Waals surface area contributed by atoms with Crippen LogP contribution in [-0.2, 0) is 0 Å². The molecule has 0 bridgehead atoms. The van der Waals surface area contributed by atoms with Gasteiger partial charge < -0.3 is 4.74 Å². The van der Waals surface area contributed by atoms with Gasteiger partial charge in [0.05, 0.1) is 5.56 Å². The maximum atomic E-state index is 12.2. The summed E-state index contributed by atoms with van der Waals surface area (Å²) in [4.78, 5) is 12.2. The number of benzene rings is 1. The van der Waals surface area contributed by atoms with Gasteiger partial charge in [0.15, 0.2) is 5.78 Å². The van der Waals surface area contributed by atoms with Crippen LogP contribution < -0.4 is 10.1 Å². The average Bonchev–Trinajstić information content (AvgIpc) is 2.99. The van der Waals surface area contributed by atoms with E-state index in [1.54, 1.807) is 0 Å². The molecule has 1 fully saturated rings. The van der Waals surface area contributed by atoms with E-state index >= 15 is 0 Å². The van der Waals surface area contributed by atoms with Crippen molar-refractivity contribution in [3.05, 3.63) is 29.8 Å². The fraction of sp³-hybridized carbons (Fsp3) is 0.417. The zero-order valence-electron chi connectivity index (χ0n) is 8.62. The predicted octanol–water partition coefficient (Wildman–Crippen LogP) is 1.38. The van der Waals surface area contributed by atoms with E-state index in [1.165, 1.54) is 0 Å². The third kappa shape index (κ3) is 1.07. The molecule has 0 amide bonds. The van der Waals surface area contributed by atoms with Crippen LogP contribution in [0.4, 0.5) is 0 Å². The molecule has 1 aromatic carbocycles. The van der Waals surface area contributed by atoms with E-state index in [2.05, 4.69) is 12.2 Å². The maximum absolute atomic E-state index is 12.2. The number of hydrogen-bond acceptors (Lipinski definition) is 3. The Balaban J connectivity index is 2.01. The number of Topliss-reactive ketones (excluding diaryl/α,β-unsaturated/α-hetero) is 1. The molecule has 78 valence electrons. The molecule has 3 rings (SSSR count). The van der Waals surface area contributed by atoms with Gasteiger partial charge in [0.1, 0.15) is 17.9 Å². The molecule has 15 heavy (non-hydrogen) atoms. The van der Waals surface area contributed by atoms with Crippen molar-refractivity contribution in [1.29, 1.82) is 0 Å². The average molecular weight is 203 g/mol. The highest BCUT2D eigenvalue weighted by molar-refractivity contribution is 6.09. The normalized spacial score (nSPS) is 32.3. The van der Waals surface area contributed by atoms with Crippen LogP contribution in [0.15, 0.2) is 24.3 Å². The largest absolute Gasteiger partial charge is 0.490 e. The third-order valence-electron chi connectivity index (χ3n) is 3.34. The first-order chi connectivity index (χ1) is 7.28. The van der Waals surface area contributed by atoms with Crippen molar-refractivity contribution in [3.8, 4) is 5.75 Å². The van der Waals surface area contributed by atoms with Crippen LogP contribution in [0.1, 0.15) is 23.7 Å². The summed E-state index contributed by atoms with van der Waals surface area (Å²) >= 11 is 0. The van der Waals surface area contributed by atoms with Gasteiger partial charge in [-0.1, -0.05) is 19.1 Å². The Morgan fingerprint density at radius 3 is 3.07 bits per heavy atom. The SMILES string of the molecule is CC[C@@H]1N[C@]12COc1ccccc1C2=O. The summed E-state index contributed by atoms with van der Waals surface area (Å²) in [5.74, 6) is 0.910. The molecule has 0 saturated carbocycles. The number of nitrogens with one attached hydrogen (secondary N) is 1. The zero-order valence-corrected chi connectivity index (χ0v) is 8.62. The molecule has 3 nitrogen and oxygen atoms in total. The molecule has 0 unspecified atom stereocenters. The van der Waals surface area contributed by atoms with E-state index < -0.39 is 5.54 Å². The first-order valence-electron chi connectivity index (χ1n) is 5.32. The first kappa shape index (κ1) is 8.92. The second-order valence-electron chi connectivity index (χ2n) is 4.19. The minimum absolute atomic E-state index is 0.191. The first-order valence-corrected chi connectivity index (χ1v) is 5.32. The summed E-state index contributed by atoms with van der Waals surface area (Å²) < 4.78 is 5.62. The van der Waals surface area contributed by atoms with E-state index in [1.807, 2.05) is 24.3 Å². The standard InChI is InChI=1S/C12H13NO2/c1-2-10-12(13-10)7-15-9-6-4-3-5-8(9)11(12)14/h3-6,10,13H,2,7H2,1H3/t10-,12+/m0/s1. The van der Waals surface area contributed by atoms with Crippen LogP contribution in [0.25, 0.3) is 0 Å². The Kier molecular flexibility index (Phi) is 1.68. The second-order valence-corrected chi connectivity index (χ2v) is 4.19. The van der Waals surface area contributed by atoms with Gasteiger partial charge in [0.2, 0.25) is 0 Å². The second kappa shape index (κ2) is 2.83. The molecule has 2 atom stereocenters. The minimum Gasteiger partial charge on any atom is -0.490 e. The summed E-state index contributed by atoms with van der Waals surface area (Å²) in [5, 5.41) is 3.25. The van der Waals surface area contributed by atoms with E-state index in [-0.39, 0.29) is 5.78 Å². The quantitative estimate of drug-likeness (QED) is 0.701. The van der Waals surface area contributed by atoms with Crippen LogP contribution in [0.2, 0.25) is 0 Å². The molecule has 2 heterocycles. The number of ether oxygens (including phenoxy) is 1. The Bertz CT molecular complexity index is 429. The third-order valence-corrected chi connectivity index (χ3v) is 3.34. The monoisotopic (exact) mass is 203 g/mol. The van der Waals surface area contributed by atoms with Crippen molar-refractivity contribution >= 4 is 5.78 Å². The van der Waals surface area contributed by atoms with Crippen molar-refractivity contribution < 1.29 is 9.53 Å². The number of hydrogen-bond donors (Lipinski definition) is 1. The smallest absolute Gasteiger partial charge is 0.191 e. The van der Waals surface area contributed by atoms with E-state index in [0.717, 1.165) is 12.2 Å². The van der Waals surface area contributed by atoms with E-state index in [4.69, 9.17) is 4.74 Å². The van der Waals surface area contributed by atoms with Crippen molar-refractivity contribution in [2.45, 2.75) is 24.9 Å². The molecule has 0 radical (unpaired) electrons. The van der Waals surface area contributed by atoms with Gasteiger partial charge in [0.25, 0.3) is 0 Å². The summed E-state index contributed by atoms with van der Waals surface area (Å²) in [6.45, 7) is 2.56. The van der Waals surface area contributed by atoms with Crippen LogP contribution in [0, 0.1) is 0 Å². The van der Waals surface area contributed by atoms with Crippen LogP contribution in [-0.4, -0.2) is 24.0 Å². The molecule has 0 aliphatic carbocycles. The fourth-order valence-corrected chi connectivity index (χ4v) is 2.36. The zero-order chi connectivity index (χ0) is 10.5. The van der Waals surface area contributed by atoms with Crippen molar-refractivity contribution in [2.24, 2.45) is 0 Å². The number of rotatable bonds is 1. The number of carbonyl (C=O) groups excluding carboxylic acids is 1. The Morgan fingerprint density at radius 2 is 2.33 bits per heavy atom. The predicted molar refractivity (Wildman–Crippen MR) is 56.2 cm³/mol. The maximum Gasteiger partial charge on any atom is 0.191 e. The van der Waals surface area contributed by atoms with Crippen molar-refractivity contribution in [2.75, 3.05) is 6.61 Å². The summed E-state index contributed by atoms with van der Waals surface area (Å²) in [7, 11) is 0. The highest BCUT2D eigenvalue weighted by Crippen LogP contribution is 2.39. The molecule has 0 aromatic heterocycles. The number of para-hydroxylation sites is 1.